The molecule has 0 saturated heterocycles. The smallest absolute Gasteiger partial charge is 0.407 e. The topological polar surface area (TPSA) is 87.1 Å². The quantitative estimate of drug-likeness (QED) is 0.613. The molecule has 0 aliphatic carbocycles. The second-order valence-corrected chi connectivity index (χ2v) is 7.93. The first kappa shape index (κ1) is 19.9. The van der Waals surface area contributed by atoms with Crippen LogP contribution in [0.3, 0.4) is 0 Å². The Morgan fingerprint density at radius 2 is 2.11 bits per heavy atom. The molecule has 2 heterocycles. The third kappa shape index (κ3) is 5.36. The van der Waals surface area contributed by atoms with E-state index in [0.717, 1.165) is 24.2 Å². The number of carbonyl (C=O) groups excluding carboxylic acids is 1. The summed E-state index contributed by atoms with van der Waals surface area (Å²) in [4.78, 5) is 16.1. The molecule has 0 saturated carbocycles. The van der Waals surface area contributed by atoms with Crippen LogP contribution in [0.5, 0.6) is 0 Å². The lowest BCUT2D eigenvalue weighted by atomic mass is 10.1. The molecule has 7 heteroatoms. The molecule has 28 heavy (non-hydrogen) atoms. The SMILES string of the molecule is CC(C)(C)OC(=O)NCCCn1cnc(Cn2ccc3ccc(CN)cc32)c1. The van der Waals surface area contributed by atoms with Crippen molar-refractivity contribution in [3.63, 3.8) is 0 Å². The zero-order chi connectivity index (χ0) is 20.1. The Labute approximate surface area is 165 Å². The van der Waals surface area contributed by atoms with Gasteiger partial charge in [0.15, 0.2) is 0 Å². The van der Waals surface area contributed by atoms with E-state index in [1.807, 2.05) is 37.9 Å². The first-order valence-electron chi connectivity index (χ1n) is 9.59. The molecule has 3 N–H and O–H groups in total. The lowest BCUT2D eigenvalue weighted by molar-refractivity contribution is 0.0526. The Morgan fingerprint density at radius 1 is 1.29 bits per heavy atom. The van der Waals surface area contributed by atoms with Crippen molar-refractivity contribution in [3.05, 3.63) is 54.2 Å². The number of ether oxygens (including phenoxy) is 1. The molecular formula is C21H29N5O2. The van der Waals surface area contributed by atoms with Gasteiger partial charge in [-0.25, -0.2) is 9.78 Å². The van der Waals surface area contributed by atoms with Gasteiger partial charge in [0, 0.05) is 37.5 Å². The monoisotopic (exact) mass is 383 g/mol. The summed E-state index contributed by atoms with van der Waals surface area (Å²) >= 11 is 0. The highest BCUT2D eigenvalue weighted by Crippen LogP contribution is 2.18. The van der Waals surface area contributed by atoms with Gasteiger partial charge in [-0.15, -0.1) is 0 Å². The first-order chi connectivity index (χ1) is 13.3. The zero-order valence-corrected chi connectivity index (χ0v) is 16.8. The van der Waals surface area contributed by atoms with Crippen molar-refractivity contribution in [1.82, 2.24) is 19.4 Å². The number of fused-ring (bicyclic) bond motifs is 1. The van der Waals surface area contributed by atoms with Crippen LogP contribution in [0.2, 0.25) is 0 Å². The van der Waals surface area contributed by atoms with Gasteiger partial charge in [0.1, 0.15) is 5.60 Å². The van der Waals surface area contributed by atoms with Crippen LogP contribution < -0.4 is 11.1 Å². The minimum absolute atomic E-state index is 0.379. The minimum Gasteiger partial charge on any atom is -0.444 e. The summed E-state index contributed by atoms with van der Waals surface area (Å²) in [6.07, 6.45) is 6.39. The summed E-state index contributed by atoms with van der Waals surface area (Å²) in [5, 5.41) is 3.97. The van der Waals surface area contributed by atoms with E-state index in [0.29, 0.717) is 19.6 Å². The molecule has 3 rings (SSSR count). The number of nitrogens with zero attached hydrogens (tertiary/aromatic N) is 3. The van der Waals surface area contributed by atoms with Gasteiger partial charge in [0.2, 0.25) is 0 Å². The summed E-state index contributed by atoms with van der Waals surface area (Å²) in [5.74, 6) is 0. The standard InChI is InChI=1S/C21H29N5O2/c1-21(2,3)28-20(27)23-8-4-9-25-13-18(24-15-25)14-26-10-7-17-6-5-16(12-22)11-19(17)26/h5-7,10-11,13,15H,4,8-9,12,14,22H2,1-3H3,(H,23,27). The summed E-state index contributed by atoms with van der Waals surface area (Å²) in [6, 6.07) is 8.40. The highest BCUT2D eigenvalue weighted by Gasteiger charge is 2.15. The predicted octanol–water partition coefficient (Wildman–Crippen LogP) is 3.26. The summed E-state index contributed by atoms with van der Waals surface area (Å²) in [7, 11) is 0. The fourth-order valence-electron chi connectivity index (χ4n) is 3.05. The molecule has 1 aromatic carbocycles. The van der Waals surface area contributed by atoms with Gasteiger partial charge in [-0.2, -0.15) is 0 Å². The van der Waals surface area contributed by atoms with Gasteiger partial charge in [0.05, 0.1) is 18.6 Å². The van der Waals surface area contributed by atoms with Crippen molar-refractivity contribution in [3.8, 4) is 0 Å². The minimum atomic E-state index is -0.475. The lowest BCUT2D eigenvalue weighted by Gasteiger charge is -2.19. The van der Waals surface area contributed by atoms with E-state index in [1.54, 1.807) is 0 Å². The van der Waals surface area contributed by atoms with Gasteiger partial charge in [-0.3, -0.25) is 0 Å². The van der Waals surface area contributed by atoms with Gasteiger partial charge in [-0.05, 0) is 50.3 Å². The molecular weight excluding hydrogens is 354 g/mol. The van der Waals surface area contributed by atoms with Crippen LogP contribution in [-0.2, 0) is 24.4 Å². The van der Waals surface area contributed by atoms with Crippen molar-refractivity contribution < 1.29 is 9.53 Å². The van der Waals surface area contributed by atoms with E-state index in [4.69, 9.17) is 10.5 Å². The van der Waals surface area contributed by atoms with Crippen molar-refractivity contribution in [2.45, 2.75) is 52.4 Å². The number of carbonyl (C=O) groups is 1. The predicted molar refractivity (Wildman–Crippen MR) is 110 cm³/mol. The molecule has 0 fully saturated rings. The molecule has 0 aliphatic rings. The second-order valence-electron chi connectivity index (χ2n) is 7.93. The first-order valence-corrected chi connectivity index (χ1v) is 9.59. The van der Waals surface area contributed by atoms with Gasteiger partial charge < -0.3 is 24.9 Å². The van der Waals surface area contributed by atoms with Crippen LogP contribution in [0, 0.1) is 0 Å². The van der Waals surface area contributed by atoms with Gasteiger partial charge in [-0.1, -0.05) is 12.1 Å². The van der Waals surface area contributed by atoms with E-state index >= 15 is 0 Å². The molecule has 0 spiro atoms. The number of hydrogen-bond acceptors (Lipinski definition) is 4. The van der Waals surface area contributed by atoms with Crippen molar-refractivity contribution >= 4 is 17.0 Å². The van der Waals surface area contributed by atoms with E-state index in [1.165, 1.54) is 10.9 Å². The Hall–Kier alpha value is -2.80. The van der Waals surface area contributed by atoms with Crippen molar-refractivity contribution in [1.29, 1.82) is 0 Å². The molecule has 3 aromatic rings. The van der Waals surface area contributed by atoms with Crippen LogP contribution in [0.25, 0.3) is 10.9 Å². The fraction of sp³-hybridized carbons (Fsp3) is 0.429. The molecule has 0 radical (unpaired) electrons. The number of aryl methyl sites for hydroxylation is 1. The van der Waals surface area contributed by atoms with Crippen LogP contribution >= 0.6 is 0 Å². The lowest BCUT2D eigenvalue weighted by Crippen LogP contribution is -2.33. The average Bonchev–Trinajstić information content (AvgIpc) is 3.24. The van der Waals surface area contributed by atoms with Crippen LogP contribution in [0.4, 0.5) is 4.79 Å². The van der Waals surface area contributed by atoms with E-state index in [-0.39, 0.29) is 6.09 Å². The third-order valence-corrected chi connectivity index (χ3v) is 4.35. The number of aromatic nitrogens is 3. The third-order valence-electron chi connectivity index (χ3n) is 4.35. The number of nitrogens with one attached hydrogen (secondary N) is 1. The van der Waals surface area contributed by atoms with E-state index < -0.39 is 5.60 Å². The number of imidazole rings is 1. The molecule has 0 atom stereocenters. The molecule has 0 aliphatic heterocycles. The fourth-order valence-corrected chi connectivity index (χ4v) is 3.05. The number of nitrogens with two attached hydrogens (primary N) is 1. The second kappa shape index (κ2) is 8.48. The average molecular weight is 383 g/mol. The zero-order valence-electron chi connectivity index (χ0n) is 16.8. The Balaban J connectivity index is 1.51. The highest BCUT2D eigenvalue weighted by molar-refractivity contribution is 5.80. The summed E-state index contributed by atoms with van der Waals surface area (Å²) in [6.45, 7) is 8.14. The highest BCUT2D eigenvalue weighted by atomic mass is 16.6. The normalized spacial score (nSPS) is 11.7. The molecule has 7 nitrogen and oxygen atoms in total. The number of benzene rings is 1. The molecule has 1 amide bonds. The van der Waals surface area contributed by atoms with Crippen LogP contribution in [-0.4, -0.2) is 32.4 Å². The Bertz CT molecular complexity index is 936. The largest absolute Gasteiger partial charge is 0.444 e. The molecule has 150 valence electrons. The van der Waals surface area contributed by atoms with Crippen molar-refractivity contribution in [2.24, 2.45) is 5.73 Å². The maximum Gasteiger partial charge on any atom is 0.407 e. The summed E-state index contributed by atoms with van der Waals surface area (Å²) < 4.78 is 9.46. The van der Waals surface area contributed by atoms with Crippen LogP contribution in [0.15, 0.2) is 43.0 Å². The van der Waals surface area contributed by atoms with E-state index in [2.05, 4.69) is 45.3 Å². The number of amides is 1. The number of alkyl carbamates (subject to hydrolysis) is 1. The van der Waals surface area contributed by atoms with Crippen molar-refractivity contribution in [2.75, 3.05) is 6.54 Å². The Kier molecular flexibility index (Phi) is 6.04. The maximum absolute atomic E-state index is 11.6. The maximum atomic E-state index is 11.6. The van der Waals surface area contributed by atoms with Crippen LogP contribution in [0.1, 0.15) is 38.4 Å². The molecule has 0 bridgehead atoms. The number of rotatable bonds is 7. The van der Waals surface area contributed by atoms with Gasteiger partial charge in [0.25, 0.3) is 0 Å². The van der Waals surface area contributed by atoms with E-state index in [9.17, 15) is 4.79 Å². The molecule has 0 unspecified atom stereocenters. The summed E-state index contributed by atoms with van der Waals surface area (Å²) in [5.41, 5.74) is 8.57. The van der Waals surface area contributed by atoms with Gasteiger partial charge >= 0.3 is 6.09 Å². The molecule has 2 aromatic heterocycles. The Morgan fingerprint density at radius 3 is 2.86 bits per heavy atom. The number of hydrogen-bond donors (Lipinski definition) is 2.